The molecule has 1 aliphatic rings. The molecule has 1 N–H and O–H groups in total. The minimum Gasteiger partial charge on any atom is -0.445 e. The zero-order valence-electron chi connectivity index (χ0n) is 15.8. The summed E-state index contributed by atoms with van der Waals surface area (Å²) in [6.07, 6.45) is 4.26. The first-order valence-corrected chi connectivity index (χ1v) is 9.58. The third kappa shape index (κ3) is 5.36. The van der Waals surface area contributed by atoms with E-state index in [1.54, 1.807) is 15.5 Å². The normalized spacial score (nSPS) is 14.8. The molecule has 1 fully saturated rings. The van der Waals surface area contributed by atoms with Crippen LogP contribution >= 0.6 is 0 Å². The van der Waals surface area contributed by atoms with Crippen LogP contribution in [0.3, 0.4) is 0 Å². The van der Waals surface area contributed by atoms with Crippen molar-refractivity contribution in [1.82, 2.24) is 9.47 Å². The number of amides is 1. The predicted molar refractivity (Wildman–Crippen MR) is 106 cm³/mol. The van der Waals surface area contributed by atoms with Crippen molar-refractivity contribution in [2.45, 2.75) is 45.4 Å². The molecule has 0 spiro atoms. The van der Waals surface area contributed by atoms with Gasteiger partial charge in [0.15, 0.2) is 0 Å². The summed E-state index contributed by atoms with van der Waals surface area (Å²) in [6.45, 7) is 4.41. The van der Waals surface area contributed by atoms with E-state index >= 15 is 0 Å². The number of pyridine rings is 1. The average molecular weight is 369 g/mol. The number of carbonyl (C=O) groups excluding carboxylic acids is 1. The van der Waals surface area contributed by atoms with Crippen LogP contribution in [0, 0.1) is 0 Å². The molecular weight excluding hydrogens is 342 g/mol. The van der Waals surface area contributed by atoms with E-state index in [0.29, 0.717) is 19.7 Å². The summed E-state index contributed by atoms with van der Waals surface area (Å²) in [5.41, 5.74) is 1.97. The Morgan fingerprint density at radius 2 is 1.89 bits per heavy atom. The van der Waals surface area contributed by atoms with Crippen molar-refractivity contribution < 1.29 is 9.53 Å². The van der Waals surface area contributed by atoms with Gasteiger partial charge in [-0.1, -0.05) is 37.3 Å². The summed E-state index contributed by atoms with van der Waals surface area (Å²) in [6, 6.07) is 13.4. The largest absolute Gasteiger partial charge is 0.445 e. The van der Waals surface area contributed by atoms with E-state index in [2.05, 4.69) is 12.2 Å². The second-order valence-electron chi connectivity index (χ2n) is 6.90. The number of rotatable bonds is 6. The van der Waals surface area contributed by atoms with E-state index in [4.69, 9.17) is 4.74 Å². The van der Waals surface area contributed by atoms with Gasteiger partial charge in [-0.2, -0.15) is 0 Å². The number of piperidine rings is 1. The summed E-state index contributed by atoms with van der Waals surface area (Å²) in [5.74, 6) is 0. The lowest BCUT2D eigenvalue weighted by molar-refractivity contribution is 0.0882. The molecule has 1 saturated heterocycles. The van der Waals surface area contributed by atoms with Crippen molar-refractivity contribution in [2.75, 3.05) is 18.4 Å². The van der Waals surface area contributed by atoms with Crippen molar-refractivity contribution in [3.63, 3.8) is 0 Å². The third-order valence-corrected chi connectivity index (χ3v) is 4.78. The fourth-order valence-electron chi connectivity index (χ4n) is 3.29. The quantitative estimate of drug-likeness (QED) is 0.847. The highest BCUT2D eigenvalue weighted by atomic mass is 16.6. The first-order chi connectivity index (χ1) is 13.2. The van der Waals surface area contributed by atoms with Crippen LogP contribution in [0.25, 0.3) is 0 Å². The Kier molecular flexibility index (Phi) is 6.52. The highest BCUT2D eigenvalue weighted by molar-refractivity contribution is 5.67. The van der Waals surface area contributed by atoms with Crippen molar-refractivity contribution in [3.05, 3.63) is 64.6 Å². The molecule has 2 heterocycles. The molecule has 0 saturated carbocycles. The summed E-state index contributed by atoms with van der Waals surface area (Å²) in [5, 5.41) is 3.49. The molecule has 1 aliphatic heterocycles. The Morgan fingerprint density at radius 3 is 2.59 bits per heavy atom. The lowest BCUT2D eigenvalue weighted by atomic mass is 10.1. The Hall–Kier alpha value is -2.76. The van der Waals surface area contributed by atoms with Crippen LogP contribution in [0.2, 0.25) is 0 Å². The lowest BCUT2D eigenvalue weighted by Gasteiger charge is -2.32. The molecule has 27 heavy (non-hydrogen) atoms. The summed E-state index contributed by atoms with van der Waals surface area (Å²) < 4.78 is 7.14. The fraction of sp³-hybridized carbons (Fsp3) is 0.429. The van der Waals surface area contributed by atoms with Crippen LogP contribution in [0.15, 0.2) is 53.5 Å². The topological polar surface area (TPSA) is 63.6 Å². The number of likely N-dealkylation sites (tertiary alicyclic amines) is 1. The number of benzene rings is 1. The first-order valence-electron chi connectivity index (χ1n) is 9.58. The van der Waals surface area contributed by atoms with Gasteiger partial charge in [0.2, 0.25) is 0 Å². The zero-order valence-corrected chi connectivity index (χ0v) is 15.8. The van der Waals surface area contributed by atoms with Crippen molar-refractivity contribution in [3.8, 4) is 0 Å². The van der Waals surface area contributed by atoms with Crippen LogP contribution in [0.1, 0.15) is 31.7 Å². The van der Waals surface area contributed by atoms with Crippen LogP contribution in [-0.4, -0.2) is 34.7 Å². The van der Waals surface area contributed by atoms with Gasteiger partial charge in [0.1, 0.15) is 6.61 Å². The number of aromatic nitrogens is 1. The third-order valence-electron chi connectivity index (χ3n) is 4.78. The van der Waals surface area contributed by atoms with Gasteiger partial charge in [0, 0.05) is 37.9 Å². The van der Waals surface area contributed by atoms with Gasteiger partial charge in [0.25, 0.3) is 5.56 Å². The van der Waals surface area contributed by atoms with Gasteiger partial charge >= 0.3 is 6.09 Å². The number of hydrogen-bond donors (Lipinski definition) is 1. The molecule has 1 aromatic carbocycles. The molecular formula is C21H27N3O3. The van der Waals surface area contributed by atoms with Crippen LogP contribution in [-0.2, 0) is 17.9 Å². The number of hydrogen-bond acceptors (Lipinski definition) is 4. The molecule has 0 radical (unpaired) electrons. The summed E-state index contributed by atoms with van der Waals surface area (Å²) >= 11 is 0. The Balaban J connectivity index is 1.46. The molecule has 2 aromatic rings. The van der Waals surface area contributed by atoms with Crippen LogP contribution in [0.4, 0.5) is 10.5 Å². The van der Waals surface area contributed by atoms with Crippen molar-refractivity contribution in [1.29, 1.82) is 0 Å². The van der Waals surface area contributed by atoms with Gasteiger partial charge in [-0.3, -0.25) is 4.79 Å². The van der Waals surface area contributed by atoms with Gasteiger partial charge in [-0.05, 0) is 30.9 Å². The second-order valence-corrected chi connectivity index (χ2v) is 6.90. The Bertz CT molecular complexity index is 796. The molecule has 144 valence electrons. The van der Waals surface area contributed by atoms with E-state index in [-0.39, 0.29) is 17.7 Å². The zero-order chi connectivity index (χ0) is 19.1. The average Bonchev–Trinajstić information content (AvgIpc) is 2.70. The number of nitrogens with one attached hydrogen (secondary N) is 1. The smallest absolute Gasteiger partial charge is 0.410 e. The molecule has 1 amide bonds. The maximum atomic E-state index is 12.2. The highest BCUT2D eigenvalue weighted by Crippen LogP contribution is 2.17. The first kappa shape index (κ1) is 19.0. The fourth-order valence-corrected chi connectivity index (χ4v) is 3.29. The van der Waals surface area contributed by atoms with Crippen LogP contribution < -0.4 is 10.9 Å². The maximum absolute atomic E-state index is 12.2. The van der Waals surface area contributed by atoms with E-state index in [9.17, 15) is 9.59 Å². The standard InChI is InChI=1S/C21H27N3O3/c1-2-12-24-15-19(8-9-20(24)25)22-18-10-13-23(14-11-18)21(26)27-16-17-6-4-3-5-7-17/h3-9,15,18,22H,2,10-14,16H2,1H3. The molecule has 0 bridgehead atoms. The van der Waals surface area contributed by atoms with Crippen LogP contribution in [0.5, 0.6) is 0 Å². The SMILES string of the molecule is CCCn1cc(NC2CCN(C(=O)OCc3ccccc3)CC2)ccc1=O. The van der Waals surface area contributed by atoms with E-state index in [1.807, 2.05) is 42.6 Å². The maximum Gasteiger partial charge on any atom is 0.410 e. The number of ether oxygens (including phenoxy) is 1. The monoisotopic (exact) mass is 369 g/mol. The molecule has 0 aliphatic carbocycles. The minimum atomic E-state index is -0.256. The molecule has 6 heteroatoms. The van der Waals surface area contributed by atoms with E-state index in [0.717, 1.165) is 37.1 Å². The summed E-state index contributed by atoms with van der Waals surface area (Å²) in [4.78, 5) is 25.8. The van der Waals surface area contributed by atoms with Gasteiger partial charge < -0.3 is 19.5 Å². The number of aryl methyl sites for hydroxylation is 1. The predicted octanol–water partition coefficient (Wildman–Crippen LogP) is 3.47. The number of nitrogens with zero attached hydrogens (tertiary/aromatic N) is 2. The van der Waals surface area contributed by atoms with E-state index < -0.39 is 0 Å². The van der Waals surface area contributed by atoms with E-state index in [1.165, 1.54) is 0 Å². The van der Waals surface area contributed by atoms with Crippen molar-refractivity contribution >= 4 is 11.8 Å². The molecule has 1 aromatic heterocycles. The molecule has 0 atom stereocenters. The number of anilines is 1. The Morgan fingerprint density at radius 1 is 1.15 bits per heavy atom. The van der Waals surface area contributed by atoms with Gasteiger partial charge in [0.05, 0.1) is 5.69 Å². The molecule has 6 nitrogen and oxygen atoms in total. The second kappa shape index (κ2) is 9.26. The van der Waals surface area contributed by atoms with Crippen molar-refractivity contribution in [2.24, 2.45) is 0 Å². The number of carbonyl (C=O) groups is 1. The minimum absolute atomic E-state index is 0.0263. The Labute approximate surface area is 159 Å². The summed E-state index contributed by atoms with van der Waals surface area (Å²) in [7, 11) is 0. The molecule has 3 rings (SSSR count). The van der Waals surface area contributed by atoms with Gasteiger partial charge in [-0.25, -0.2) is 4.79 Å². The highest BCUT2D eigenvalue weighted by Gasteiger charge is 2.23. The molecule has 0 unspecified atom stereocenters. The lowest BCUT2D eigenvalue weighted by Crippen LogP contribution is -2.42. The van der Waals surface area contributed by atoms with Gasteiger partial charge in [-0.15, -0.1) is 0 Å².